The monoisotopic (exact) mass is 266 g/mol. The molecule has 0 heterocycles. The Hall–Kier alpha value is -1.11. The molecule has 0 bridgehead atoms. The molecule has 76 valence electrons. The summed E-state index contributed by atoms with van der Waals surface area (Å²) in [6.07, 6.45) is 0. The molecule has 15 heavy (non-hydrogen) atoms. The summed E-state index contributed by atoms with van der Waals surface area (Å²) in [6.45, 7) is 0. The van der Waals surface area contributed by atoms with Crippen LogP contribution in [0.25, 0.3) is 0 Å². The fraction of sp³-hybridized carbons (Fsp3) is 0.0769. The van der Waals surface area contributed by atoms with Crippen LogP contribution in [0, 0.1) is 5.82 Å². The van der Waals surface area contributed by atoms with E-state index in [-0.39, 0.29) is 5.82 Å². The predicted octanol–water partition coefficient (Wildman–Crippen LogP) is 2.36. The standard InChI is InChI=1S/C13H11FSe/c14-12-6-8-13(9-7-12)15-10-11-4-2-1-3-5-11/h1-9H,10H2. The third kappa shape index (κ3) is 3.19. The van der Waals surface area contributed by atoms with Gasteiger partial charge in [-0.1, -0.05) is 0 Å². The zero-order chi connectivity index (χ0) is 10.5. The molecule has 0 spiro atoms. The van der Waals surface area contributed by atoms with Crippen molar-refractivity contribution in [2.75, 3.05) is 0 Å². The van der Waals surface area contributed by atoms with Gasteiger partial charge in [0.15, 0.2) is 0 Å². The van der Waals surface area contributed by atoms with E-state index >= 15 is 0 Å². The van der Waals surface area contributed by atoms with Crippen LogP contribution in [-0.4, -0.2) is 15.0 Å². The summed E-state index contributed by atoms with van der Waals surface area (Å²) in [7, 11) is 0. The Labute approximate surface area is 95.3 Å². The number of hydrogen-bond donors (Lipinski definition) is 0. The molecule has 0 aliphatic heterocycles. The van der Waals surface area contributed by atoms with E-state index in [0.29, 0.717) is 15.0 Å². The van der Waals surface area contributed by atoms with Gasteiger partial charge in [-0.25, -0.2) is 0 Å². The van der Waals surface area contributed by atoms with Crippen molar-refractivity contribution in [2.24, 2.45) is 0 Å². The number of benzene rings is 2. The van der Waals surface area contributed by atoms with Gasteiger partial charge in [-0.05, 0) is 0 Å². The molecule has 2 rings (SSSR count). The second-order valence-corrected chi connectivity index (χ2v) is 5.43. The van der Waals surface area contributed by atoms with Gasteiger partial charge in [0.25, 0.3) is 0 Å². The van der Waals surface area contributed by atoms with Crippen LogP contribution in [-0.2, 0) is 5.32 Å². The molecule has 0 saturated carbocycles. The van der Waals surface area contributed by atoms with Gasteiger partial charge in [0.2, 0.25) is 0 Å². The van der Waals surface area contributed by atoms with E-state index in [1.54, 1.807) is 0 Å². The van der Waals surface area contributed by atoms with E-state index in [9.17, 15) is 4.39 Å². The molecule has 0 atom stereocenters. The average Bonchev–Trinajstić information content (AvgIpc) is 2.30. The summed E-state index contributed by atoms with van der Waals surface area (Å²) in [4.78, 5) is 0. The molecule has 0 fully saturated rings. The van der Waals surface area contributed by atoms with Gasteiger partial charge >= 0.3 is 95.1 Å². The summed E-state index contributed by atoms with van der Waals surface area (Å²) >= 11 is 0.398. The predicted molar refractivity (Wildman–Crippen MR) is 61.9 cm³/mol. The van der Waals surface area contributed by atoms with Gasteiger partial charge in [0.1, 0.15) is 0 Å². The Balaban J connectivity index is 1.96. The van der Waals surface area contributed by atoms with E-state index in [1.807, 2.05) is 18.2 Å². The van der Waals surface area contributed by atoms with Crippen molar-refractivity contribution in [2.45, 2.75) is 5.32 Å². The molecule has 0 aromatic heterocycles. The van der Waals surface area contributed by atoms with Crippen molar-refractivity contribution in [1.29, 1.82) is 0 Å². The number of halogens is 1. The topological polar surface area (TPSA) is 0 Å². The van der Waals surface area contributed by atoms with Crippen molar-refractivity contribution >= 4 is 19.4 Å². The van der Waals surface area contributed by atoms with Crippen LogP contribution in [0.3, 0.4) is 0 Å². The minimum atomic E-state index is -0.158. The van der Waals surface area contributed by atoms with Crippen molar-refractivity contribution in [3.8, 4) is 0 Å². The van der Waals surface area contributed by atoms with Crippen LogP contribution in [0.2, 0.25) is 0 Å². The first kappa shape index (κ1) is 10.4. The van der Waals surface area contributed by atoms with Crippen LogP contribution >= 0.6 is 0 Å². The van der Waals surface area contributed by atoms with E-state index in [4.69, 9.17) is 0 Å². The van der Waals surface area contributed by atoms with Crippen molar-refractivity contribution in [3.05, 3.63) is 66.0 Å². The van der Waals surface area contributed by atoms with E-state index < -0.39 is 0 Å². The van der Waals surface area contributed by atoms with Crippen LogP contribution in [0.1, 0.15) is 5.56 Å². The molecule has 2 aromatic rings. The molecule has 0 aliphatic carbocycles. The van der Waals surface area contributed by atoms with E-state index in [0.717, 1.165) is 5.32 Å². The molecule has 0 aliphatic rings. The third-order valence-corrected chi connectivity index (χ3v) is 4.33. The maximum absolute atomic E-state index is 12.7. The first-order valence-electron chi connectivity index (χ1n) is 4.77. The van der Waals surface area contributed by atoms with Crippen LogP contribution in [0.5, 0.6) is 0 Å². The Morgan fingerprint density at radius 2 is 1.53 bits per heavy atom. The summed E-state index contributed by atoms with van der Waals surface area (Å²) < 4.78 is 13.9. The van der Waals surface area contributed by atoms with Gasteiger partial charge in [0, 0.05) is 0 Å². The minimum absolute atomic E-state index is 0.158. The Kier molecular flexibility index (Phi) is 3.54. The SMILES string of the molecule is Fc1ccc([Se]Cc2ccccc2)cc1. The Morgan fingerprint density at radius 1 is 0.867 bits per heavy atom. The van der Waals surface area contributed by atoms with Gasteiger partial charge in [-0.3, -0.25) is 0 Å². The second-order valence-electron chi connectivity index (χ2n) is 3.23. The van der Waals surface area contributed by atoms with Crippen LogP contribution in [0.4, 0.5) is 4.39 Å². The quantitative estimate of drug-likeness (QED) is 0.747. The number of hydrogen-bond acceptors (Lipinski definition) is 0. The first-order valence-corrected chi connectivity index (χ1v) is 6.84. The molecular weight excluding hydrogens is 254 g/mol. The van der Waals surface area contributed by atoms with Gasteiger partial charge in [-0.2, -0.15) is 0 Å². The Bertz CT molecular complexity index is 408. The summed E-state index contributed by atoms with van der Waals surface area (Å²) in [5.41, 5.74) is 1.35. The number of rotatable bonds is 3. The summed E-state index contributed by atoms with van der Waals surface area (Å²) in [5, 5.41) is 1.07. The molecule has 0 N–H and O–H groups in total. The fourth-order valence-electron chi connectivity index (χ4n) is 1.27. The molecule has 0 unspecified atom stereocenters. The molecular formula is C13H11FSe. The molecule has 0 nitrogen and oxygen atoms in total. The molecule has 0 radical (unpaired) electrons. The molecule has 2 heteroatoms. The average molecular weight is 265 g/mol. The van der Waals surface area contributed by atoms with Gasteiger partial charge in [0.05, 0.1) is 0 Å². The molecule has 2 aromatic carbocycles. The second kappa shape index (κ2) is 5.11. The summed E-state index contributed by atoms with van der Waals surface area (Å²) in [6, 6.07) is 17.2. The van der Waals surface area contributed by atoms with E-state index in [1.165, 1.54) is 22.2 Å². The molecule has 0 amide bonds. The van der Waals surface area contributed by atoms with Crippen molar-refractivity contribution in [3.63, 3.8) is 0 Å². The fourth-order valence-corrected chi connectivity index (χ4v) is 3.06. The zero-order valence-electron chi connectivity index (χ0n) is 8.19. The van der Waals surface area contributed by atoms with E-state index in [2.05, 4.69) is 24.3 Å². The normalized spacial score (nSPS) is 10.2. The van der Waals surface area contributed by atoms with Crippen molar-refractivity contribution in [1.82, 2.24) is 0 Å². The first-order chi connectivity index (χ1) is 7.34. The molecule has 0 saturated heterocycles. The Morgan fingerprint density at radius 3 is 2.20 bits per heavy atom. The van der Waals surface area contributed by atoms with Crippen LogP contribution < -0.4 is 4.46 Å². The zero-order valence-corrected chi connectivity index (χ0v) is 9.90. The van der Waals surface area contributed by atoms with Gasteiger partial charge in [-0.15, -0.1) is 0 Å². The van der Waals surface area contributed by atoms with Crippen LogP contribution in [0.15, 0.2) is 54.6 Å². The third-order valence-electron chi connectivity index (χ3n) is 2.06. The maximum atomic E-state index is 12.7. The van der Waals surface area contributed by atoms with Crippen molar-refractivity contribution < 1.29 is 4.39 Å². The van der Waals surface area contributed by atoms with Gasteiger partial charge < -0.3 is 0 Å². The summed E-state index contributed by atoms with van der Waals surface area (Å²) in [5.74, 6) is -0.158.